The average molecular weight is 484 g/mol. The van der Waals surface area contributed by atoms with Gasteiger partial charge >= 0.3 is 0 Å². The molecular formula is C36H37N. The smallest absolute Gasteiger partial charge is 0.0346 e. The predicted octanol–water partition coefficient (Wildman–Crippen LogP) is 9.55. The van der Waals surface area contributed by atoms with E-state index in [-0.39, 0.29) is 5.92 Å². The third-order valence-electron chi connectivity index (χ3n) is 7.03. The van der Waals surface area contributed by atoms with Crippen LogP contribution in [0, 0.1) is 12.8 Å². The first kappa shape index (κ1) is 26.0. The number of hydrogen-bond donors (Lipinski definition) is 1. The molecule has 0 spiro atoms. The molecule has 186 valence electrons. The molecule has 0 saturated heterocycles. The topological polar surface area (TPSA) is 26.0 Å². The summed E-state index contributed by atoms with van der Waals surface area (Å²) >= 11 is 0. The molecular weight excluding hydrogens is 446 g/mol. The van der Waals surface area contributed by atoms with Gasteiger partial charge in [-0.25, -0.2) is 0 Å². The van der Waals surface area contributed by atoms with E-state index < -0.39 is 0 Å². The Morgan fingerprint density at radius 1 is 0.919 bits per heavy atom. The first-order valence-electron chi connectivity index (χ1n) is 13.1. The number of rotatable bonds is 6. The van der Waals surface area contributed by atoms with E-state index in [1.165, 1.54) is 33.4 Å². The van der Waals surface area contributed by atoms with Gasteiger partial charge in [-0.15, -0.1) is 0 Å². The second kappa shape index (κ2) is 12.2. The zero-order chi connectivity index (χ0) is 26.2. The van der Waals surface area contributed by atoms with E-state index in [1.54, 1.807) is 0 Å². The van der Waals surface area contributed by atoms with Crippen molar-refractivity contribution in [2.75, 3.05) is 0 Å². The van der Waals surface area contributed by atoms with Gasteiger partial charge in [-0.1, -0.05) is 142 Å². The lowest BCUT2D eigenvalue weighted by atomic mass is 9.79. The van der Waals surface area contributed by atoms with E-state index in [1.807, 2.05) is 6.08 Å². The maximum atomic E-state index is 6.27. The van der Waals surface area contributed by atoms with Crippen molar-refractivity contribution in [3.63, 3.8) is 0 Å². The Bertz CT molecular complexity index is 1400. The Labute approximate surface area is 222 Å². The molecule has 0 bridgehead atoms. The number of nitrogens with two attached hydrogens (primary N) is 1. The SMILES string of the molecule is C=Cc1cccc(C2/C=C\C=CC(/C(N)=C\CC)=C\C=C/C2C)c1-c1ccc(-c2ccccc2)cc1C. The normalized spacial score (nSPS) is 21.1. The summed E-state index contributed by atoms with van der Waals surface area (Å²) < 4.78 is 0. The van der Waals surface area contributed by atoms with Gasteiger partial charge in [-0.3, -0.25) is 0 Å². The van der Waals surface area contributed by atoms with Crippen LogP contribution in [0.15, 0.2) is 133 Å². The highest BCUT2D eigenvalue weighted by atomic mass is 14.6. The molecule has 0 aromatic heterocycles. The van der Waals surface area contributed by atoms with Crippen LogP contribution in [-0.4, -0.2) is 0 Å². The minimum absolute atomic E-state index is 0.211. The van der Waals surface area contributed by atoms with Gasteiger partial charge in [0.05, 0.1) is 0 Å². The zero-order valence-corrected chi connectivity index (χ0v) is 22.2. The summed E-state index contributed by atoms with van der Waals surface area (Å²) in [6.45, 7) is 10.7. The first-order valence-corrected chi connectivity index (χ1v) is 13.1. The molecule has 3 aromatic carbocycles. The third-order valence-corrected chi connectivity index (χ3v) is 7.03. The van der Waals surface area contributed by atoms with Crippen LogP contribution in [0.4, 0.5) is 0 Å². The van der Waals surface area contributed by atoms with Crippen molar-refractivity contribution in [2.24, 2.45) is 11.7 Å². The van der Waals surface area contributed by atoms with Gasteiger partial charge in [0, 0.05) is 11.6 Å². The third kappa shape index (κ3) is 6.01. The van der Waals surface area contributed by atoms with E-state index in [4.69, 9.17) is 5.73 Å². The Kier molecular flexibility index (Phi) is 8.59. The Balaban J connectivity index is 1.78. The maximum absolute atomic E-state index is 6.27. The average Bonchev–Trinajstić information content (AvgIpc) is 2.92. The molecule has 0 saturated carbocycles. The van der Waals surface area contributed by atoms with Crippen LogP contribution in [0.1, 0.15) is 42.9 Å². The van der Waals surface area contributed by atoms with Gasteiger partial charge in [-0.05, 0) is 63.8 Å². The number of allylic oxidation sites excluding steroid dienone is 8. The number of hydrogen-bond acceptors (Lipinski definition) is 1. The lowest BCUT2D eigenvalue weighted by molar-refractivity contribution is 0.643. The van der Waals surface area contributed by atoms with Crippen LogP contribution in [-0.2, 0) is 0 Å². The van der Waals surface area contributed by atoms with Gasteiger partial charge < -0.3 is 5.73 Å². The molecule has 0 fully saturated rings. The first-order chi connectivity index (χ1) is 18.0. The van der Waals surface area contributed by atoms with Crippen LogP contribution in [0.25, 0.3) is 28.3 Å². The fourth-order valence-corrected chi connectivity index (χ4v) is 5.05. The largest absolute Gasteiger partial charge is 0.399 e. The van der Waals surface area contributed by atoms with Crippen molar-refractivity contribution in [1.29, 1.82) is 0 Å². The highest BCUT2D eigenvalue weighted by molar-refractivity contribution is 5.82. The molecule has 3 aromatic rings. The van der Waals surface area contributed by atoms with Crippen molar-refractivity contribution >= 4 is 6.08 Å². The van der Waals surface area contributed by atoms with Crippen molar-refractivity contribution in [2.45, 2.75) is 33.1 Å². The molecule has 0 heterocycles. The van der Waals surface area contributed by atoms with Gasteiger partial charge in [-0.2, -0.15) is 0 Å². The molecule has 2 N–H and O–H groups in total. The van der Waals surface area contributed by atoms with Crippen LogP contribution in [0.5, 0.6) is 0 Å². The van der Waals surface area contributed by atoms with Crippen molar-refractivity contribution in [3.8, 4) is 22.3 Å². The zero-order valence-electron chi connectivity index (χ0n) is 22.2. The molecule has 0 amide bonds. The summed E-state index contributed by atoms with van der Waals surface area (Å²) in [5.74, 6) is 0.502. The highest BCUT2D eigenvalue weighted by Crippen LogP contribution is 2.40. The Morgan fingerprint density at radius 2 is 1.73 bits per heavy atom. The second-order valence-electron chi connectivity index (χ2n) is 9.61. The molecule has 0 aliphatic heterocycles. The number of aryl methyl sites for hydroxylation is 1. The van der Waals surface area contributed by atoms with E-state index in [0.717, 1.165) is 23.3 Å². The van der Waals surface area contributed by atoms with Crippen molar-refractivity contribution < 1.29 is 0 Å². The molecule has 4 rings (SSSR count). The van der Waals surface area contributed by atoms with Crippen LogP contribution in [0.2, 0.25) is 0 Å². The number of benzene rings is 3. The van der Waals surface area contributed by atoms with Gasteiger partial charge in [0.25, 0.3) is 0 Å². The minimum Gasteiger partial charge on any atom is -0.399 e. The molecule has 2 unspecified atom stereocenters. The lowest BCUT2D eigenvalue weighted by Gasteiger charge is -2.24. The van der Waals surface area contributed by atoms with Crippen LogP contribution < -0.4 is 5.73 Å². The minimum atomic E-state index is 0.211. The highest BCUT2D eigenvalue weighted by Gasteiger charge is 2.21. The maximum Gasteiger partial charge on any atom is 0.0346 e. The molecule has 2 atom stereocenters. The summed E-state index contributed by atoms with van der Waals surface area (Å²) in [5.41, 5.74) is 16.8. The second-order valence-corrected chi connectivity index (χ2v) is 9.61. The van der Waals surface area contributed by atoms with Gasteiger partial charge in [0.15, 0.2) is 0 Å². The van der Waals surface area contributed by atoms with Crippen molar-refractivity contribution in [3.05, 3.63) is 150 Å². The monoisotopic (exact) mass is 483 g/mol. The molecule has 1 aliphatic carbocycles. The molecule has 1 heteroatoms. The fraction of sp³-hybridized carbons (Fsp3) is 0.167. The van der Waals surface area contributed by atoms with E-state index in [9.17, 15) is 0 Å². The summed E-state index contributed by atoms with van der Waals surface area (Å²) in [6.07, 6.45) is 20.1. The van der Waals surface area contributed by atoms with Gasteiger partial charge in [0.1, 0.15) is 0 Å². The van der Waals surface area contributed by atoms with E-state index >= 15 is 0 Å². The molecule has 1 aliphatic rings. The Morgan fingerprint density at radius 3 is 2.46 bits per heavy atom. The lowest BCUT2D eigenvalue weighted by Crippen LogP contribution is -2.08. The van der Waals surface area contributed by atoms with Gasteiger partial charge in [0.2, 0.25) is 0 Å². The predicted molar refractivity (Wildman–Crippen MR) is 162 cm³/mol. The summed E-state index contributed by atoms with van der Waals surface area (Å²) in [4.78, 5) is 0. The molecule has 0 radical (unpaired) electrons. The summed E-state index contributed by atoms with van der Waals surface area (Å²) in [5, 5.41) is 0. The quantitative estimate of drug-likeness (QED) is 0.371. The Hall–Kier alpha value is -4.10. The van der Waals surface area contributed by atoms with E-state index in [0.29, 0.717) is 5.92 Å². The van der Waals surface area contributed by atoms with Crippen LogP contribution in [0.3, 0.4) is 0 Å². The van der Waals surface area contributed by atoms with Crippen LogP contribution >= 0.6 is 0 Å². The molecule has 37 heavy (non-hydrogen) atoms. The summed E-state index contributed by atoms with van der Waals surface area (Å²) in [7, 11) is 0. The van der Waals surface area contributed by atoms with E-state index in [2.05, 4.69) is 143 Å². The summed E-state index contributed by atoms with van der Waals surface area (Å²) in [6, 6.07) is 23.9. The fourth-order valence-electron chi connectivity index (χ4n) is 5.05. The standard InChI is InChI=1S/C36H37N/c1-5-14-35(37)30-18-10-11-21-32(26(3)15-12-20-30)34-22-13-19-28(6-2)36(34)33-24-23-31(25-27(33)4)29-16-8-7-9-17-29/h6-26,32H,2,5,37H2,1,3-4H3/b15-12-,18-10?,21-11-,30-20+,35-14+. The molecule has 1 nitrogen and oxygen atoms in total. The van der Waals surface area contributed by atoms with Crippen molar-refractivity contribution in [1.82, 2.24) is 0 Å².